The second-order valence-corrected chi connectivity index (χ2v) is 6.06. The number of hydrogen-bond acceptors (Lipinski definition) is 5. The maximum atomic E-state index is 12.5. The van der Waals surface area contributed by atoms with E-state index in [1.54, 1.807) is 18.2 Å². The van der Waals surface area contributed by atoms with Crippen molar-refractivity contribution in [3.63, 3.8) is 0 Å². The molecule has 0 saturated carbocycles. The Kier molecular flexibility index (Phi) is 4.71. The molecule has 130 valence electrons. The lowest BCUT2D eigenvalue weighted by molar-refractivity contribution is -0.137. The molecule has 3 aromatic rings. The third-order valence-electron chi connectivity index (χ3n) is 3.46. The van der Waals surface area contributed by atoms with E-state index in [1.807, 2.05) is 0 Å². The first-order valence-corrected chi connectivity index (χ1v) is 8.13. The third-order valence-corrected chi connectivity index (χ3v) is 4.36. The fourth-order valence-corrected chi connectivity index (χ4v) is 2.94. The number of aromatic nitrogens is 1. The van der Waals surface area contributed by atoms with Crippen LogP contribution in [0.1, 0.15) is 11.1 Å². The SMILES string of the molecule is COc1ccc2nc(SCc3ccc(C(F)(F)F)cc3)oc(=O)c2c1. The van der Waals surface area contributed by atoms with E-state index < -0.39 is 17.4 Å². The highest BCUT2D eigenvalue weighted by Gasteiger charge is 2.29. The van der Waals surface area contributed by atoms with E-state index in [2.05, 4.69) is 4.98 Å². The maximum Gasteiger partial charge on any atom is 0.416 e. The highest BCUT2D eigenvalue weighted by atomic mass is 32.2. The van der Waals surface area contributed by atoms with Gasteiger partial charge >= 0.3 is 11.8 Å². The highest BCUT2D eigenvalue weighted by Crippen LogP contribution is 2.30. The van der Waals surface area contributed by atoms with Gasteiger partial charge in [-0.3, -0.25) is 0 Å². The van der Waals surface area contributed by atoms with Crippen LogP contribution >= 0.6 is 11.8 Å². The number of nitrogens with zero attached hydrogens (tertiary/aromatic N) is 1. The first-order chi connectivity index (χ1) is 11.9. The molecule has 8 heteroatoms. The standard InChI is InChI=1S/C17H12F3NO3S/c1-23-12-6-7-14-13(8-12)15(22)24-16(21-14)25-9-10-2-4-11(5-3-10)17(18,19)20/h2-8H,9H2,1H3. The van der Waals surface area contributed by atoms with E-state index in [0.29, 0.717) is 28.0 Å². The smallest absolute Gasteiger partial charge is 0.416 e. The van der Waals surface area contributed by atoms with Crippen LogP contribution in [0, 0.1) is 0 Å². The van der Waals surface area contributed by atoms with Gasteiger partial charge in [0.05, 0.1) is 23.6 Å². The molecule has 25 heavy (non-hydrogen) atoms. The first-order valence-electron chi connectivity index (χ1n) is 7.14. The summed E-state index contributed by atoms with van der Waals surface area (Å²) in [6.45, 7) is 0. The highest BCUT2D eigenvalue weighted by molar-refractivity contribution is 7.98. The molecule has 0 amide bonds. The van der Waals surface area contributed by atoms with Crippen molar-refractivity contribution in [3.8, 4) is 5.75 Å². The van der Waals surface area contributed by atoms with Crippen LogP contribution in [0.15, 0.2) is 56.9 Å². The van der Waals surface area contributed by atoms with E-state index >= 15 is 0 Å². The van der Waals surface area contributed by atoms with E-state index in [9.17, 15) is 18.0 Å². The quantitative estimate of drug-likeness (QED) is 0.635. The minimum absolute atomic E-state index is 0.155. The van der Waals surface area contributed by atoms with Gasteiger partial charge in [0.2, 0.25) is 0 Å². The number of ether oxygens (including phenoxy) is 1. The maximum absolute atomic E-state index is 12.5. The number of hydrogen-bond donors (Lipinski definition) is 0. The predicted octanol–water partition coefficient (Wildman–Crippen LogP) is 4.51. The fraction of sp³-hybridized carbons (Fsp3) is 0.176. The molecule has 0 saturated heterocycles. The van der Waals surface area contributed by atoms with Gasteiger partial charge < -0.3 is 9.15 Å². The lowest BCUT2D eigenvalue weighted by atomic mass is 10.1. The van der Waals surface area contributed by atoms with Crippen molar-refractivity contribution in [2.75, 3.05) is 7.11 Å². The molecule has 0 unspecified atom stereocenters. The van der Waals surface area contributed by atoms with E-state index in [0.717, 1.165) is 23.9 Å². The Hall–Kier alpha value is -2.48. The zero-order valence-corrected chi connectivity index (χ0v) is 13.8. The molecule has 0 N–H and O–H groups in total. The van der Waals surface area contributed by atoms with E-state index in [1.165, 1.54) is 19.2 Å². The van der Waals surface area contributed by atoms with Crippen molar-refractivity contribution in [2.45, 2.75) is 17.2 Å². The van der Waals surface area contributed by atoms with Gasteiger partial charge in [-0.2, -0.15) is 13.2 Å². The number of methoxy groups -OCH3 is 1. The molecule has 1 heterocycles. The number of halogens is 3. The Labute approximate surface area is 144 Å². The molecule has 0 aliphatic heterocycles. The predicted molar refractivity (Wildman–Crippen MR) is 87.8 cm³/mol. The molecule has 0 aliphatic rings. The summed E-state index contributed by atoms with van der Waals surface area (Å²) in [7, 11) is 1.49. The van der Waals surface area contributed by atoms with Crippen molar-refractivity contribution < 1.29 is 22.3 Å². The molecule has 0 radical (unpaired) electrons. The van der Waals surface area contributed by atoms with Gasteiger partial charge in [0, 0.05) is 5.75 Å². The van der Waals surface area contributed by atoms with Crippen LogP contribution in [-0.4, -0.2) is 12.1 Å². The zero-order valence-electron chi connectivity index (χ0n) is 13.0. The van der Waals surface area contributed by atoms with Crippen molar-refractivity contribution in [1.82, 2.24) is 4.98 Å². The molecule has 0 spiro atoms. The van der Waals surface area contributed by atoms with Gasteiger partial charge in [0.15, 0.2) is 0 Å². The van der Waals surface area contributed by atoms with Gasteiger partial charge in [0.25, 0.3) is 5.22 Å². The molecule has 0 atom stereocenters. The Morgan fingerprint density at radius 3 is 2.52 bits per heavy atom. The zero-order chi connectivity index (χ0) is 18.0. The van der Waals surface area contributed by atoms with Crippen LogP contribution in [0.4, 0.5) is 13.2 Å². The molecule has 0 bridgehead atoms. The van der Waals surface area contributed by atoms with E-state index in [-0.39, 0.29) is 5.22 Å². The summed E-state index contributed by atoms with van der Waals surface area (Å²) < 4.78 is 47.8. The van der Waals surface area contributed by atoms with Gasteiger partial charge in [-0.15, -0.1) is 0 Å². The Bertz CT molecular complexity index is 952. The number of alkyl halides is 3. The molecule has 4 nitrogen and oxygen atoms in total. The van der Waals surface area contributed by atoms with Gasteiger partial charge in [-0.05, 0) is 35.9 Å². The van der Waals surface area contributed by atoms with Crippen molar-refractivity contribution >= 4 is 22.7 Å². The summed E-state index contributed by atoms with van der Waals surface area (Å²) in [5, 5.41) is 0.459. The summed E-state index contributed by atoms with van der Waals surface area (Å²) in [5.74, 6) is 0.849. The van der Waals surface area contributed by atoms with Crippen molar-refractivity contribution in [2.24, 2.45) is 0 Å². The summed E-state index contributed by atoms with van der Waals surface area (Å²) >= 11 is 1.14. The molecular formula is C17H12F3NO3S. The number of fused-ring (bicyclic) bond motifs is 1. The normalized spacial score (nSPS) is 11.7. The van der Waals surface area contributed by atoms with Gasteiger partial charge in [-0.25, -0.2) is 9.78 Å². The molecule has 1 aromatic heterocycles. The number of thioether (sulfide) groups is 1. The first kappa shape index (κ1) is 17.3. The second kappa shape index (κ2) is 6.79. The fourth-order valence-electron chi connectivity index (χ4n) is 2.16. The number of benzene rings is 2. The van der Waals surface area contributed by atoms with Gasteiger partial charge in [-0.1, -0.05) is 23.9 Å². The van der Waals surface area contributed by atoms with Crippen LogP contribution in [0.25, 0.3) is 10.9 Å². The van der Waals surface area contributed by atoms with Crippen LogP contribution in [0.5, 0.6) is 5.75 Å². The van der Waals surface area contributed by atoms with Crippen LogP contribution in [0.3, 0.4) is 0 Å². The average molecular weight is 367 g/mol. The molecule has 2 aromatic carbocycles. The Balaban J connectivity index is 1.78. The summed E-state index contributed by atoms with van der Waals surface area (Å²) in [4.78, 5) is 16.3. The molecule has 3 rings (SSSR count). The Morgan fingerprint density at radius 1 is 1.16 bits per heavy atom. The topological polar surface area (TPSA) is 52.3 Å². The molecular weight excluding hydrogens is 355 g/mol. The second-order valence-electron chi connectivity index (χ2n) is 5.13. The minimum Gasteiger partial charge on any atom is -0.497 e. The van der Waals surface area contributed by atoms with E-state index in [4.69, 9.17) is 9.15 Å². The largest absolute Gasteiger partial charge is 0.497 e. The minimum atomic E-state index is -4.36. The van der Waals surface area contributed by atoms with Gasteiger partial charge in [0.1, 0.15) is 5.75 Å². The summed E-state index contributed by atoms with van der Waals surface area (Å²) in [6, 6.07) is 9.68. The van der Waals surface area contributed by atoms with Crippen LogP contribution in [-0.2, 0) is 11.9 Å². The lowest BCUT2D eigenvalue weighted by Crippen LogP contribution is -2.04. The summed E-state index contributed by atoms with van der Waals surface area (Å²) in [5.41, 5.74) is -0.117. The Morgan fingerprint density at radius 2 is 1.88 bits per heavy atom. The molecule has 0 fully saturated rings. The van der Waals surface area contributed by atoms with Crippen LogP contribution < -0.4 is 10.4 Å². The average Bonchev–Trinajstić information content (AvgIpc) is 2.59. The number of rotatable bonds is 4. The lowest BCUT2D eigenvalue weighted by Gasteiger charge is -2.07. The monoisotopic (exact) mass is 367 g/mol. The van der Waals surface area contributed by atoms with Crippen LogP contribution in [0.2, 0.25) is 0 Å². The third kappa shape index (κ3) is 3.96. The van der Waals surface area contributed by atoms with Crippen molar-refractivity contribution in [3.05, 3.63) is 64.0 Å². The molecule has 0 aliphatic carbocycles. The van der Waals surface area contributed by atoms with Crippen molar-refractivity contribution in [1.29, 1.82) is 0 Å². The summed E-state index contributed by atoms with van der Waals surface area (Å²) in [6.07, 6.45) is -4.36.